The lowest BCUT2D eigenvalue weighted by molar-refractivity contribution is 0.250. The molecule has 0 aromatic rings. The van der Waals surface area contributed by atoms with E-state index in [9.17, 15) is 5.26 Å². The fourth-order valence-corrected chi connectivity index (χ4v) is 2.72. The monoisotopic (exact) mass is 265 g/mol. The molecule has 1 saturated carbocycles. The quantitative estimate of drug-likeness (QED) is 0.659. The van der Waals surface area contributed by atoms with Gasteiger partial charge in [-0.25, -0.2) is 0 Å². The summed E-state index contributed by atoms with van der Waals surface area (Å²) >= 11 is 0. The molecule has 0 bridgehead atoms. The van der Waals surface area contributed by atoms with E-state index in [2.05, 4.69) is 44.0 Å². The largest absolute Gasteiger partial charge is 0.303 e. The maximum Gasteiger partial charge on any atom is 0.106 e. The first-order valence-corrected chi connectivity index (χ1v) is 7.96. The summed E-state index contributed by atoms with van der Waals surface area (Å²) in [7, 11) is 0. The molecular weight excluding hydrogens is 234 g/mol. The van der Waals surface area contributed by atoms with E-state index in [1.807, 2.05) is 0 Å². The van der Waals surface area contributed by atoms with Gasteiger partial charge in [-0.1, -0.05) is 13.8 Å². The molecule has 0 saturated heterocycles. The van der Waals surface area contributed by atoms with E-state index in [1.54, 1.807) is 0 Å². The third-order valence-corrected chi connectivity index (χ3v) is 4.12. The molecule has 1 N–H and O–H groups in total. The first-order valence-electron chi connectivity index (χ1n) is 7.96. The molecule has 3 nitrogen and oxygen atoms in total. The highest BCUT2D eigenvalue weighted by atomic mass is 15.1. The lowest BCUT2D eigenvalue weighted by atomic mass is 9.91. The van der Waals surface area contributed by atoms with Crippen LogP contribution in [0.15, 0.2) is 0 Å². The Bertz CT molecular complexity index is 291. The van der Waals surface area contributed by atoms with Gasteiger partial charge >= 0.3 is 0 Å². The Hall–Kier alpha value is -0.590. The van der Waals surface area contributed by atoms with Crippen molar-refractivity contribution < 1.29 is 0 Å². The second-order valence-electron chi connectivity index (χ2n) is 6.29. The second-order valence-corrected chi connectivity index (χ2v) is 6.29. The molecule has 19 heavy (non-hydrogen) atoms. The standard InChI is InChI=1S/C16H31N3/c1-5-16(13-17,18-14(3)4)10-7-11-19(6-2)12-15-8-9-15/h14-15,18H,5-12H2,1-4H3. The van der Waals surface area contributed by atoms with Gasteiger partial charge in [-0.15, -0.1) is 0 Å². The van der Waals surface area contributed by atoms with Crippen LogP contribution in [-0.4, -0.2) is 36.1 Å². The van der Waals surface area contributed by atoms with Gasteiger partial charge in [-0.3, -0.25) is 5.32 Å². The smallest absolute Gasteiger partial charge is 0.106 e. The first kappa shape index (κ1) is 16.5. The average molecular weight is 265 g/mol. The van der Waals surface area contributed by atoms with Gasteiger partial charge in [0, 0.05) is 12.6 Å². The summed E-state index contributed by atoms with van der Waals surface area (Å²) in [5.41, 5.74) is -0.326. The van der Waals surface area contributed by atoms with Crippen LogP contribution >= 0.6 is 0 Å². The second kappa shape index (κ2) is 7.87. The summed E-state index contributed by atoms with van der Waals surface area (Å²) in [6.45, 7) is 12.1. The van der Waals surface area contributed by atoms with Gasteiger partial charge in [0.15, 0.2) is 0 Å². The van der Waals surface area contributed by atoms with Crippen molar-refractivity contribution in [1.29, 1.82) is 5.26 Å². The summed E-state index contributed by atoms with van der Waals surface area (Å²) in [4.78, 5) is 2.55. The maximum absolute atomic E-state index is 9.48. The summed E-state index contributed by atoms with van der Waals surface area (Å²) in [6, 6.07) is 2.88. The normalized spacial score (nSPS) is 18.6. The molecule has 0 aromatic carbocycles. The summed E-state index contributed by atoms with van der Waals surface area (Å²) < 4.78 is 0. The van der Waals surface area contributed by atoms with Crippen molar-refractivity contribution in [2.75, 3.05) is 19.6 Å². The van der Waals surface area contributed by atoms with E-state index in [0.29, 0.717) is 6.04 Å². The topological polar surface area (TPSA) is 39.1 Å². The Morgan fingerprint density at radius 2 is 2.05 bits per heavy atom. The molecule has 0 aliphatic heterocycles. The van der Waals surface area contributed by atoms with Crippen LogP contribution in [0.5, 0.6) is 0 Å². The lowest BCUT2D eigenvalue weighted by Crippen LogP contribution is -2.47. The number of nitrogens with zero attached hydrogens (tertiary/aromatic N) is 2. The van der Waals surface area contributed by atoms with Gasteiger partial charge in [-0.05, 0) is 65.0 Å². The van der Waals surface area contributed by atoms with Crippen LogP contribution in [0.2, 0.25) is 0 Å². The van der Waals surface area contributed by atoms with Gasteiger partial charge < -0.3 is 4.90 Å². The third kappa shape index (κ3) is 5.93. The molecule has 0 heterocycles. The molecule has 1 aliphatic carbocycles. The Morgan fingerprint density at radius 3 is 2.47 bits per heavy atom. The van der Waals surface area contributed by atoms with Crippen LogP contribution in [-0.2, 0) is 0 Å². The Morgan fingerprint density at radius 1 is 1.37 bits per heavy atom. The molecule has 110 valence electrons. The maximum atomic E-state index is 9.48. The molecule has 0 radical (unpaired) electrons. The number of rotatable bonds is 10. The van der Waals surface area contributed by atoms with Gasteiger partial charge in [0.25, 0.3) is 0 Å². The number of hydrogen-bond acceptors (Lipinski definition) is 3. The van der Waals surface area contributed by atoms with Crippen molar-refractivity contribution in [3.8, 4) is 6.07 Å². The van der Waals surface area contributed by atoms with Gasteiger partial charge in [0.2, 0.25) is 0 Å². The SMILES string of the molecule is CCN(CCCC(C#N)(CC)NC(C)C)CC1CC1. The van der Waals surface area contributed by atoms with Crippen molar-refractivity contribution in [3.05, 3.63) is 0 Å². The molecule has 3 heteroatoms. The highest BCUT2D eigenvalue weighted by Crippen LogP contribution is 2.29. The van der Waals surface area contributed by atoms with Gasteiger partial charge in [-0.2, -0.15) is 5.26 Å². The minimum absolute atomic E-state index is 0.326. The van der Waals surface area contributed by atoms with E-state index in [-0.39, 0.29) is 5.54 Å². The zero-order valence-electron chi connectivity index (χ0n) is 13.2. The minimum Gasteiger partial charge on any atom is -0.303 e. The van der Waals surface area contributed by atoms with Crippen LogP contribution in [0.1, 0.15) is 59.8 Å². The average Bonchev–Trinajstić information content (AvgIpc) is 3.19. The van der Waals surface area contributed by atoms with Crippen LogP contribution in [0, 0.1) is 17.2 Å². The Kier molecular flexibility index (Phi) is 6.82. The molecule has 1 aliphatic rings. The molecule has 0 aromatic heterocycles. The molecular formula is C16H31N3. The highest BCUT2D eigenvalue weighted by Gasteiger charge is 2.28. The zero-order chi connectivity index (χ0) is 14.3. The van der Waals surface area contributed by atoms with Crippen LogP contribution in [0.25, 0.3) is 0 Å². The summed E-state index contributed by atoms with van der Waals surface area (Å²) in [5, 5.41) is 12.9. The van der Waals surface area contributed by atoms with E-state index in [0.717, 1.165) is 38.3 Å². The predicted octanol–water partition coefficient (Wildman–Crippen LogP) is 3.17. The summed E-state index contributed by atoms with van der Waals surface area (Å²) in [5.74, 6) is 0.959. The predicted molar refractivity (Wildman–Crippen MR) is 81.0 cm³/mol. The van der Waals surface area contributed by atoms with Crippen molar-refractivity contribution >= 4 is 0 Å². The molecule has 1 rings (SSSR count). The van der Waals surface area contributed by atoms with Crippen LogP contribution in [0.3, 0.4) is 0 Å². The number of nitrogens with one attached hydrogen (secondary N) is 1. The van der Waals surface area contributed by atoms with Crippen LogP contribution < -0.4 is 5.32 Å². The Labute approximate surface area is 119 Å². The third-order valence-electron chi connectivity index (χ3n) is 4.12. The molecule has 0 spiro atoms. The zero-order valence-corrected chi connectivity index (χ0v) is 13.2. The van der Waals surface area contributed by atoms with Crippen molar-refractivity contribution in [1.82, 2.24) is 10.2 Å². The van der Waals surface area contributed by atoms with Gasteiger partial charge in [0.05, 0.1) is 6.07 Å². The van der Waals surface area contributed by atoms with Crippen LogP contribution in [0.4, 0.5) is 0 Å². The lowest BCUT2D eigenvalue weighted by Gasteiger charge is -2.30. The van der Waals surface area contributed by atoms with E-state index in [4.69, 9.17) is 0 Å². The van der Waals surface area contributed by atoms with E-state index in [1.165, 1.54) is 19.4 Å². The number of nitriles is 1. The first-order chi connectivity index (χ1) is 9.05. The fourth-order valence-electron chi connectivity index (χ4n) is 2.72. The molecule has 0 amide bonds. The summed E-state index contributed by atoms with van der Waals surface area (Å²) in [6.07, 6.45) is 5.79. The fraction of sp³-hybridized carbons (Fsp3) is 0.938. The van der Waals surface area contributed by atoms with Crippen molar-refractivity contribution in [2.24, 2.45) is 5.92 Å². The van der Waals surface area contributed by atoms with E-state index >= 15 is 0 Å². The van der Waals surface area contributed by atoms with Crippen molar-refractivity contribution in [3.63, 3.8) is 0 Å². The highest BCUT2D eigenvalue weighted by molar-refractivity contribution is 5.06. The molecule has 1 atom stereocenters. The Balaban J connectivity index is 2.35. The van der Waals surface area contributed by atoms with Gasteiger partial charge in [0.1, 0.15) is 5.54 Å². The molecule has 1 fully saturated rings. The van der Waals surface area contributed by atoms with Crippen molar-refractivity contribution in [2.45, 2.75) is 71.4 Å². The number of hydrogen-bond donors (Lipinski definition) is 1. The molecule has 1 unspecified atom stereocenters. The van der Waals surface area contributed by atoms with E-state index < -0.39 is 0 Å². The minimum atomic E-state index is -0.326.